The predicted octanol–water partition coefficient (Wildman–Crippen LogP) is 4.56. The Kier molecular flexibility index (Phi) is 11.0. The highest BCUT2D eigenvalue weighted by molar-refractivity contribution is 5.98. The number of hydrogen-bond donors (Lipinski definition) is 1. The number of amides is 1. The van der Waals surface area contributed by atoms with Crippen molar-refractivity contribution in [2.75, 3.05) is 13.9 Å². The molecule has 0 aliphatic carbocycles. The topological polar surface area (TPSA) is 113 Å². The van der Waals surface area contributed by atoms with Gasteiger partial charge < -0.3 is 24.3 Å². The van der Waals surface area contributed by atoms with Crippen molar-refractivity contribution in [1.29, 1.82) is 0 Å². The van der Waals surface area contributed by atoms with Crippen LogP contribution in [-0.4, -0.2) is 48.9 Å². The zero-order valence-corrected chi connectivity index (χ0v) is 23.2. The van der Waals surface area contributed by atoms with E-state index < -0.39 is 42.7 Å². The molecule has 0 aliphatic rings. The first-order chi connectivity index (χ1) is 17.9. The predicted molar refractivity (Wildman–Crippen MR) is 138 cm³/mol. The van der Waals surface area contributed by atoms with E-state index in [1.54, 1.807) is 33.8 Å². The van der Waals surface area contributed by atoms with Crippen LogP contribution in [0.4, 0.5) is 4.39 Å². The van der Waals surface area contributed by atoms with Gasteiger partial charge in [0.2, 0.25) is 6.79 Å². The van der Waals surface area contributed by atoms with Gasteiger partial charge in [-0.05, 0) is 43.9 Å². The van der Waals surface area contributed by atoms with Crippen LogP contribution in [0.25, 0.3) is 0 Å². The summed E-state index contributed by atoms with van der Waals surface area (Å²) in [6, 6.07) is 5.40. The first-order valence-corrected chi connectivity index (χ1v) is 12.5. The quantitative estimate of drug-likeness (QED) is 0.313. The summed E-state index contributed by atoms with van der Waals surface area (Å²) in [5.74, 6) is -2.89. The first kappa shape index (κ1) is 30.5. The van der Waals surface area contributed by atoms with E-state index in [2.05, 4.69) is 10.3 Å². The fraction of sp³-hybridized carbons (Fsp3) is 0.500. The fourth-order valence-electron chi connectivity index (χ4n) is 3.94. The number of ether oxygens (including phenoxy) is 4. The molecule has 0 saturated carbocycles. The van der Waals surface area contributed by atoms with Crippen LogP contribution >= 0.6 is 0 Å². The summed E-state index contributed by atoms with van der Waals surface area (Å²) < 4.78 is 36.1. The third kappa shape index (κ3) is 7.90. The van der Waals surface area contributed by atoms with Crippen LogP contribution in [0.1, 0.15) is 69.1 Å². The van der Waals surface area contributed by atoms with Gasteiger partial charge in [0.1, 0.15) is 18.0 Å². The average Bonchev–Trinajstić information content (AvgIpc) is 2.84. The minimum Gasteiger partial charge on any atom is -0.493 e. The van der Waals surface area contributed by atoms with Crippen LogP contribution < -0.4 is 14.8 Å². The van der Waals surface area contributed by atoms with Gasteiger partial charge in [-0.3, -0.25) is 9.59 Å². The number of rotatable bonds is 12. The monoisotopic (exact) mass is 532 g/mol. The maximum absolute atomic E-state index is 14.7. The van der Waals surface area contributed by atoms with Gasteiger partial charge in [-0.25, -0.2) is 14.2 Å². The van der Waals surface area contributed by atoms with Gasteiger partial charge in [0.15, 0.2) is 17.2 Å². The van der Waals surface area contributed by atoms with Crippen molar-refractivity contribution in [3.8, 4) is 11.5 Å². The molecule has 1 heterocycles. The first-order valence-electron chi connectivity index (χ1n) is 12.5. The summed E-state index contributed by atoms with van der Waals surface area (Å²) in [5, 5.41) is 2.54. The van der Waals surface area contributed by atoms with Crippen LogP contribution in [0.2, 0.25) is 0 Å². The third-order valence-electron chi connectivity index (χ3n) is 5.92. The van der Waals surface area contributed by atoms with Gasteiger partial charge in [-0.15, -0.1) is 0 Å². The fourth-order valence-corrected chi connectivity index (χ4v) is 3.94. The molecule has 0 radical (unpaired) electrons. The van der Waals surface area contributed by atoms with Crippen molar-refractivity contribution in [3.05, 3.63) is 53.1 Å². The van der Waals surface area contributed by atoms with Gasteiger partial charge in [-0.1, -0.05) is 39.8 Å². The molecule has 0 aliphatic heterocycles. The molecule has 1 N–H and O–H groups in total. The Bertz CT molecular complexity index is 1140. The summed E-state index contributed by atoms with van der Waals surface area (Å²) >= 11 is 0. The third-order valence-corrected chi connectivity index (χ3v) is 5.92. The van der Waals surface area contributed by atoms with Crippen molar-refractivity contribution >= 4 is 17.8 Å². The van der Waals surface area contributed by atoms with Gasteiger partial charge >= 0.3 is 11.9 Å². The van der Waals surface area contributed by atoms with E-state index in [0.29, 0.717) is 5.56 Å². The number of nitrogens with zero attached hydrogens (tertiary/aromatic N) is 1. The van der Waals surface area contributed by atoms with Gasteiger partial charge in [0.25, 0.3) is 5.91 Å². The minimum atomic E-state index is -1.06. The summed E-state index contributed by atoms with van der Waals surface area (Å²) in [7, 11) is 1.38. The lowest BCUT2D eigenvalue weighted by Crippen LogP contribution is -2.42. The van der Waals surface area contributed by atoms with E-state index in [-0.39, 0.29) is 34.8 Å². The van der Waals surface area contributed by atoms with Crippen molar-refractivity contribution in [2.45, 2.75) is 66.5 Å². The molecule has 1 aromatic carbocycles. The Morgan fingerprint density at radius 1 is 1.03 bits per heavy atom. The number of esters is 2. The van der Waals surface area contributed by atoms with Crippen molar-refractivity contribution in [3.63, 3.8) is 0 Å². The zero-order chi connectivity index (χ0) is 28.6. The number of carbonyl (C=O) groups excluding carboxylic acids is 3. The van der Waals surface area contributed by atoms with Gasteiger partial charge in [0, 0.05) is 18.2 Å². The maximum atomic E-state index is 14.7. The highest BCUT2D eigenvalue weighted by Crippen LogP contribution is 2.32. The molecule has 38 heavy (non-hydrogen) atoms. The van der Waals surface area contributed by atoms with E-state index in [4.69, 9.17) is 18.9 Å². The van der Waals surface area contributed by atoms with E-state index in [1.165, 1.54) is 32.4 Å². The molecule has 1 amide bonds. The second-order valence-electron chi connectivity index (χ2n) is 9.70. The molecule has 1 aromatic heterocycles. The highest BCUT2D eigenvalue weighted by atomic mass is 19.1. The van der Waals surface area contributed by atoms with Crippen molar-refractivity contribution in [2.24, 2.45) is 11.8 Å². The molecule has 2 aromatic rings. The largest absolute Gasteiger partial charge is 0.493 e. The molecule has 3 atom stereocenters. The van der Waals surface area contributed by atoms with Crippen molar-refractivity contribution < 1.29 is 37.7 Å². The highest BCUT2D eigenvalue weighted by Gasteiger charge is 2.31. The van der Waals surface area contributed by atoms with Crippen LogP contribution in [0.3, 0.4) is 0 Å². The molecule has 2 rings (SSSR count). The summed E-state index contributed by atoms with van der Waals surface area (Å²) in [6.45, 7) is 11.7. The van der Waals surface area contributed by atoms with Gasteiger partial charge in [-0.2, -0.15) is 0 Å². The number of halogens is 1. The zero-order valence-electron chi connectivity index (χ0n) is 23.2. The van der Waals surface area contributed by atoms with Crippen LogP contribution in [0.5, 0.6) is 11.5 Å². The molecule has 0 spiro atoms. The molecule has 2 unspecified atom stereocenters. The number of hydrogen-bond acceptors (Lipinski definition) is 8. The number of carbonyl (C=O) groups is 3. The Hall–Kier alpha value is -3.69. The summed E-state index contributed by atoms with van der Waals surface area (Å²) in [4.78, 5) is 41.7. The van der Waals surface area contributed by atoms with E-state index in [9.17, 15) is 18.8 Å². The molecule has 0 saturated heterocycles. The van der Waals surface area contributed by atoms with E-state index >= 15 is 0 Å². The number of methoxy groups -OCH3 is 1. The number of pyridine rings is 1. The lowest BCUT2D eigenvalue weighted by molar-refractivity contribution is -0.154. The maximum Gasteiger partial charge on any atom is 0.328 e. The minimum absolute atomic E-state index is 0.0228. The average molecular weight is 533 g/mol. The van der Waals surface area contributed by atoms with E-state index in [0.717, 1.165) is 5.56 Å². The lowest BCUT2D eigenvalue weighted by atomic mass is 9.83. The molecule has 0 fully saturated rings. The molecular formula is C28H37FN2O7. The Morgan fingerprint density at radius 2 is 1.71 bits per heavy atom. The second kappa shape index (κ2) is 13.7. The van der Waals surface area contributed by atoms with E-state index in [1.807, 2.05) is 19.9 Å². The molecule has 9 nitrogen and oxygen atoms in total. The number of aromatic nitrogens is 1. The van der Waals surface area contributed by atoms with Crippen LogP contribution in [-0.2, 0) is 19.1 Å². The summed E-state index contributed by atoms with van der Waals surface area (Å²) in [6.07, 6.45) is 0.679. The lowest BCUT2D eigenvalue weighted by Gasteiger charge is -2.29. The standard InChI is InChI=1S/C28H37FN2O7/c1-15(2)23(20-10-9-17(5)13-21(20)29)19(7)38-28(34)18(6)31-26(32)24-25(22(35-8)11-12-30-24)36-14-37-27(33)16(3)4/h9-13,15-16,18-19,23H,14H2,1-8H3,(H,31,32)/t18-,19?,23?/m0/s1. The molecule has 0 bridgehead atoms. The Balaban J connectivity index is 2.13. The Labute approximate surface area is 223 Å². The number of aryl methyl sites for hydroxylation is 1. The number of benzene rings is 1. The van der Waals surface area contributed by atoms with Crippen LogP contribution in [0, 0.1) is 24.6 Å². The summed E-state index contributed by atoms with van der Waals surface area (Å²) in [5.41, 5.74) is 1.09. The van der Waals surface area contributed by atoms with Crippen LogP contribution in [0.15, 0.2) is 30.5 Å². The Morgan fingerprint density at radius 3 is 2.29 bits per heavy atom. The second-order valence-corrected chi connectivity index (χ2v) is 9.70. The smallest absolute Gasteiger partial charge is 0.328 e. The SMILES string of the molecule is COc1ccnc(C(=O)N[C@@H](C)C(=O)OC(C)C(c2ccc(C)cc2F)C(C)C)c1OCOC(=O)C(C)C. The molecular weight excluding hydrogens is 495 g/mol. The van der Waals surface area contributed by atoms with Crippen molar-refractivity contribution in [1.82, 2.24) is 10.3 Å². The molecule has 10 heteroatoms. The normalized spacial score (nSPS) is 13.4. The molecule has 208 valence electrons. The van der Waals surface area contributed by atoms with Gasteiger partial charge in [0.05, 0.1) is 13.0 Å². The number of nitrogens with one attached hydrogen (secondary N) is 1.